The number of hydrogen-bond donors (Lipinski definition) is 0. The van der Waals surface area contributed by atoms with Gasteiger partial charge in [-0.2, -0.15) is 0 Å². The molecule has 1 aromatic carbocycles. The van der Waals surface area contributed by atoms with Crippen LogP contribution in [0.2, 0.25) is 0 Å². The van der Waals surface area contributed by atoms with Gasteiger partial charge < -0.3 is 0 Å². The molecule has 2 aliphatic carbocycles. The van der Waals surface area contributed by atoms with Gasteiger partial charge in [0.05, 0.1) is 0 Å². The van der Waals surface area contributed by atoms with Crippen LogP contribution in [0.5, 0.6) is 0 Å². The Bertz CT molecular complexity index is 523. The molecule has 0 atom stereocenters. The van der Waals surface area contributed by atoms with Gasteiger partial charge in [0.2, 0.25) is 0 Å². The molecule has 0 saturated heterocycles. The van der Waals surface area contributed by atoms with Crippen LogP contribution < -0.4 is 0 Å². The molecule has 1 nitrogen and oxygen atoms in total. The number of halogens is 2. The van der Waals surface area contributed by atoms with E-state index < -0.39 is 0 Å². The van der Waals surface area contributed by atoms with E-state index in [4.69, 9.17) is 0 Å². The third kappa shape index (κ3) is 1.52. The van der Waals surface area contributed by atoms with Crippen molar-refractivity contribution >= 4 is 27.8 Å². The molecule has 1 aromatic rings. The van der Waals surface area contributed by atoms with Crippen LogP contribution in [0.1, 0.15) is 36.8 Å². The fourth-order valence-corrected chi connectivity index (χ4v) is 3.85. The Kier molecular flexibility index (Phi) is 2.47. The first-order valence-corrected chi connectivity index (χ1v) is 6.61. The lowest BCUT2D eigenvalue weighted by Crippen LogP contribution is -2.31. The number of carbonyl (C=O) groups excluding carboxylic acids is 1. The topological polar surface area (TPSA) is 17.1 Å². The number of ketones is 1. The van der Waals surface area contributed by atoms with E-state index in [1.165, 1.54) is 6.07 Å². The Morgan fingerprint density at radius 2 is 1.94 bits per heavy atom. The summed E-state index contributed by atoms with van der Waals surface area (Å²) in [4.78, 5) is 11.4. The van der Waals surface area contributed by atoms with Crippen LogP contribution in [0.15, 0.2) is 22.7 Å². The summed E-state index contributed by atoms with van der Waals surface area (Å²) in [6, 6.07) is 5.18. The van der Waals surface area contributed by atoms with Crippen molar-refractivity contribution in [2.24, 2.45) is 0 Å². The minimum absolute atomic E-state index is 0.150. The highest BCUT2D eigenvalue weighted by molar-refractivity contribution is 9.11. The van der Waals surface area contributed by atoms with Crippen molar-refractivity contribution < 1.29 is 9.18 Å². The lowest BCUT2D eigenvalue weighted by molar-refractivity contribution is -0.121. The van der Waals surface area contributed by atoms with E-state index in [1.807, 2.05) is 12.1 Å². The highest BCUT2D eigenvalue weighted by Crippen LogP contribution is 2.53. The molecule has 0 heterocycles. The van der Waals surface area contributed by atoms with Gasteiger partial charge >= 0.3 is 0 Å². The molecule has 0 aliphatic heterocycles. The molecular formula is C14H12BrFO. The third-order valence-electron chi connectivity index (χ3n) is 3.93. The second kappa shape index (κ2) is 3.77. The Morgan fingerprint density at radius 1 is 1.24 bits per heavy atom. The maximum atomic E-state index is 14.1. The van der Waals surface area contributed by atoms with Gasteiger partial charge in [0.15, 0.2) is 0 Å². The first kappa shape index (κ1) is 11.1. The van der Waals surface area contributed by atoms with E-state index in [0.717, 1.165) is 28.5 Å². The van der Waals surface area contributed by atoms with Crippen LogP contribution in [0.3, 0.4) is 0 Å². The molecule has 88 valence electrons. The molecule has 3 heteroatoms. The summed E-state index contributed by atoms with van der Waals surface area (Å²) in [7, 11) is 0. The Labute approximate surface area is 108 Å². The molecule has 1 spiro atoms. The normalized spacial score (nSPS) is 21.5. The summed E-state index contributed by atoms with van der Waals surface area (Å²) < 4.78 is 15.1. The van der Waals surface area contributed by atoms with Crippen molar-refractivity contribution in [2.75, 3.05) is 0 Å². The zero-order valence-corrected chi connectivity index (χ0v) is 10.9. The Morgan fingerprint density at radius 3 is 2.65 bits per heavy atom. The van der Waals surface area contributed by atoms with E-state index in [-0.39, 0.29) is 11.2 Å². The molecule has 1 fully saturated rings. The molecule has 1 saturated carbocycles. The van der Waals surface area contributed by atoms with Gasteiger partial charge in [0, 0.05) is 28.3 Å². The quantitative estimate of drug-likeness (QED) is 0.708. The SMILES string of the molecule is O=C1CCC2(CC1)C(Br)=Cc1cccc(F)c12. The molecular weight excluding hydrogens is 283 g/mol. The number of hydrogen-bond acceptors (Lipinski definition) is 1. The highest BCUT2D eigenvalue weighted by Gasteiger charge is 2.44. The van der Waals surface area contributed by atoms with Gasteiger partial charge in [-0.3, -0.25) is 4.79 Å². The lowest BCUT2D eigenvalue weighted by atomic mass is 9.70. The van der Waals surface area contributed by atoms with Crippen molar-refractivity contribution in [3.05, 3.63) is 39.6 Å². The summed E-state index contributed by atoms with van der Waals surface area (Å²) in [5.41, 5.74) is 1.44. The van der Waals surface area contributed by atoms with Crippen LogP contribution in [0.25, 0.3) is 6.08 Å². The van der Waals surface area contributed by atoms with E-state index in [2.05, 4.69) is 15.9 Å². The van der Waals surface area contributed by atoms with Crippen molar-refractivity contribution in [3.8, 4) is 0 Å². The zero-order chi connectivity index (χ0) is 12.0. The van der Waals surface area contributed by atoms with Gasteiger partial charge in [-0.25, -0.2) is 4.39 Å². The minimum atomic E-state index is -0.283. The van der Waals surface area contributed by atoms with Crippen LogP contribution in [-0.4, -0.2) is 5.78 Å². The van der Waals surface area contributed by atoms with Crippen molar-refractivity contribution in [1.82, 2.24) is 0 Å². The predicted molar refractivity (Wildman–Crippen MR) is 68.5 cm³/mol. The van der Waals surface area contributed by atoms with Gasteiger partial charge in [0.1, 0.15) is 11.6 Å². The second-order valence-corrected chi connectivity index (χ2v) is 5.67. The van der Waals surface area contributed by atoms with E-state index in [1.54, 1.807) is 6.07 Å². The first-order valence-electron chi connectivity index (χ1n) is 5.82. The number of rotatable bonds is 0. The number of allylic oxidation sites excluding steroid dienone is 1. The maximum absolute atomic E-state index is 14.1. The maximum Gasteiger partial charge on any atom is 0.133 e. The third-order valence-corrected chi connectivity index (χ3v) is 4.91. The van der Waals surface area contributed by atoms with Crippen LogP contribution >= 0.6 is 15.9 Å². The monoisotopic (exact) mass is 294 g/mol. The van der Waals surface area contributed by atoms with Crippen molar-refractivity contribution in [1.29, 1.82) is 0 Å². The molecule has 17 heavy (non-hydrogen) atoms. The molecule has 0 radical (unpaired) electrons. The van der Waals surface area contributed by atoms with Crippen LogP contribution in [-0.2, 0) is 10.2 Å². The summed E-state index contributed by atoms with van der Waals surface area (Å²) in [6.07, 6.45) is 4.54. The van der Waals surface area contributed by atoms with Gasteiger partial charge in [-0.15, -0.1) is 0 Å². The molecule has 0 bridgehead atoms. The van der Waals surface area contributed by atoms with E-state index in [9.17, 15) is 9.18 Å². The van der Waals surface area contributed by atoms with E-state index in [0.29, 0.717) is 18.6 Å². The molecule has 0 aromatic heterocycles. The summed E-state index contributed by atoms with van der Waals surface area (Å²) in [5, 5.41) is 0. The summed E-state index contributed by atoms with van der Waals surface area (Å²) >= 11 is 3.58. The van der Waals surface area contributed by atoms with Crippen molar-refractivity contribution in [3.63, 3.8) is 0 Å². The van der Waals surface area contributed by atoms with Gasteiger partial charge in [0.25, 0.3) is 0 Å². The second-order valence-electron chi connectivity index (χ2n) is 4.82. The van der Waals surface area contributed by atoms with Crippen molar-refractivity contribution in [2.45, 2.75) is 31.1 Å². The predicted octanol–water partition coefficient (Wildman–Crippen LogP) is 3.96. The van der Waals surface area contributed by atoms with E-state index >= 15 is 0 Å². The smallest absolute Gasteiger partial charge is 0.133 e. The molecule has 3 rings (SSSR count). The fourth-order valence-electron chi connectivity index (χ4n) is 3.00. The Balaban J connectivity index is 2.14. The first-order chi connectivity index (χ1) is 8.13. The number of benzene rings is 1. The zero-order valence-electron chi connectivity index (χ0n) is 9.30. The number of Topliss-reactive ketones (excluding diaryl/α,β-unsaturated/α-hetero) is 1. The van der Waals surface area contributed by atoms with Crippen LogP contribution in [0, 0.1) is 5.82 Å². The van der Waals surface area contributed by atoms with Crippen LogP contribution in [0.4, 0.5) is 4.39 Å². The lowest BCUT2D eigenvalue weighted by Gasteiger charge is -2.35. The fraction of sp³-hybridized carbons (Fsp3) is 0.357. The average Bonchev–Trinajstić information content (AvgIpc) is 2.58. The average molecular weight is 295 g/mol. The largest absolute Gasteiger partial charge is 0.300 e. The number of fused-ring (bicyclic) bond motifs is 2. The van der Waals surface area contributed by atoms with Gasteiger partial charge in [-0.1, -0.05) is 28.1 Å². The molecule has 0 unspecified atom stereocenters. The standard InChI is InChI=1S/C14H12BrFO/c15-12-8-9-2-1-3-11(16)13(9)14(12)6-4-10(17)5-7-14/h1-3,8H,4-7H2. The minimum Gasteiger partial charge on any atom is -0.300 e. The van der Waals surface area contributed by atoms with Gasteiger partial charge in [-0.05, 0) is 30.5 Å². The molecule has 0 amide bonds. The summed E-state index contributed by atoms with van der Waals surface area (Å²) in [5.74, 6) is 0.142. The highest BCUT2D eigenvalue weighted by atomic mass is 79.9. The number of carbonyl (C=O) groups is 1. The molecule has 2 aliphatic rings. The molecule has 0 N–H and O–H groups in total. The Hall–Kier alpha value is -0.960. The summed E-state index contributed by atoms with van der Waals surface area (Å²) in [6.45, 7) is 0.